The Kier molecular flexibility index (Phi) is 7.09. The van der Waals surface area contributed by atoms with Gasteiger partial charge < -0.3 is 14.6 Å². The molecule has 4 aromatic rings. The number of likely N-dealkylation sites (N-methyl/N-ethyl adjacent to an activating group) is 1. The molecule has 0 atom stereocenters. The molecule has 37 heavy (non-hydrogen) atoms. The molecule has 0 radical (unpaired) electrons. The molecular formula is C29H26N4O3S. The van der Waals surface area contributed by atoms with Crippen LogP contribution in [0.3, 0.4) is 0 Å². The molecule has 1 aromatic heterocycles. The second-order valence-corrected chi connectivity index (χ2v) is 9.41. The Balaban J connectivity index is 1.43. The highest BCUT2D eigenvalue weighted by Gasteiger charge is 2.32. The van der Waals surface area contributed by atoms with Gasteiger partial charge in [0.2, 0.25) is 5.91 Å². The molecule has 7 nitrogen and oxygen atoms in total. The number of benzene rings is 3. The molecule has 1 aliphatic heterocycles. The highest BCUT2D eigenvalue weighted by atomic mass is 32.2. The van der Waals surface area contributed by atoms with Crippen LogP contribution < -0.4 is 10.1 Å². The third-order valence-corrected chi connectivity index (χ3v) is 6.99. The van der Waals surface area contributed by atoms with Crippen molar-refractivity contribution in [3.63, 3.8) is 0 Å². The first-order valence-corrected chi connectivity index (χ1v) is 12.7. The van der Waals surface area contributed by atoms with E-state index in [4.69, 9.17) is 9.73 Å². The molecule has 5 rings (SSSR count). The number of nitrogens with zero attached hydrogens (tertiary/aromatic N) is 3. The van der Waals surface area contributed by atoms with Gasteiger partial charge in [0.15, 0.2) is 5.17 Å². The van der Waals surface area contributed by atoms with Gasteiger partial charge in [0.25, 0.3) is 5.91 Å². The molecule has 3 aromatic carbocycles. The SMILES string of the molecule is CCN1C(=O)/C(=C\c2cn(CC(=O)Nc3ccccc3)c3ccccc23)SC1=Nc1ccc(OC)cc1. The number of carbonyl (C=O) groups excluding carboxylic acids is 2. The minimum atomic E-state index is -0.122. The first-order valence-electron chi connectivity index (χ1n) is 11.9. The molecule has 186 valence electrons. The maximum absolute atomic E-state index is 13.2. The number of para-hydroxylation sites is 2. The van der Waals surface area contributed by atoms with Gasteiger partial charge in [-0.15, -0.1) is 0 Å². The number of hydrogen-bond acceptors (Lipinski definition) is 5. The number of rotatable bonds is 7. The molecule has 1 fully saturated rings. The first-order chi connectivity index (χ1) is 18.1. The molecule has 0 bridgehead atoms. The van der Waals surface area contributed by atoms with E-state index < -0.39 is 0 Å². The number of aromatic nitrogens is 1. The van der Waals surface area contributed by atoms with Crippen molar-refractivity contribution >= 4 is 57.1 Å². The van der Waals surface area contributed by atoms with E-state index in [0.29, 0.717) is 16.6 Å². The van der Waals surface area contributed by atoms with Crippen LogP contribution in [0.25, 0.3) is 17.0 Å². The number of thioether (sulfide) groups is 1. The maximum atomic E-state index is 13.2. The Morgan fingerprint density at radius 1 is 1.03 bits per heavy atom. The number of nitrogens with one attached hydrogen (secondary N) is 1. The van der Waals surface area contributed by atoms with E-state index in [-0.39, 0.29) is 18.4 Å². The fraction of sp³-hybridized carbons (Fsp3) is 0.138. The second-order valence-electron chi connectivity index (χ2n) is 8.40. The predicted molar refractivity (Wildman–Crippen MR) is 150 cm³/mol. The van der Waals surface area contributed by atoms with Crippen LogP contribution in [-0.4, -0.2) is 40.1 Å². The van der Waals surface area contributed by atoms with Gasteiger partial charge in [-0.2, -0.15) is 0 Å². The molecule has 1 N–H and O–H groups in total. The third kappa shape index (κ3) is 5.29. The lowest BCUT2D eigenvalue weighted by Gasteiger charge is -2.12. The summed E-state index contributed by atoms with van der Waals surface area (Å²) in [6, 6.07) is 24.7. The summed E-state index contributed by atoms with van der Waals surface area (Å²) in [5.41, 5.74) is 3.30. The Hall–Kier alpha value is -4.30. The molecule has 2 amide bonds. The molecule has 1 aliphatic rings. The average Bonchev–Trinajstić information content (AvgIpc) is 3.41. The van der Waals surface area contributed by atoms with Gasteiger partial charge in [-0.3, -0.25) is 14.5 Å². The zero-order valence-electron chi connectivity index (χ0n) is 20.5. The highest BCUT2D eigenvalue weighted by molar-refractivity contribution is 8.18. The quantitative estimate of drug-likeness (QED) is 0.314. The van der Waals surface area contributed by atoms with Gasteiger partial charge in [-0.1, -0.05) is 36.4 Å². The molecular weight excluding hydrogens is 484 g/mol. The molecule has 0 spiro atoms. The zero-order chi connectivity index (χ0) is 25.8. The summed E-state index contributed by atoms with van der Waals surface area (Å²) >= 11 is 1.35. The highest BCUT2D eigenvalue weighted by Crippen LogP contribution is 2.35. The van der Waals surface area contributed by atoms with E-state index in [9.17, 15) is 9.59 Å². The minimum Gasteiger partial charge on any atom is -0.497 e. The summed E-state index contributed by atoms with van der Waals surface area (Å²) in [5, 5.41) is 4.54. The van der Waals surface area contributed by atoms with Crippen molar-refractivity contribution in [2.24, 2.45) is 4.99 Å². The van der Waals surface area contributed by atoms with Crippen LogP contribution in [-0.2, 0) is 16.1 Å². The first kappa shape index (κ1) is 24.4. The summed E-state index contributed by atoms with van der Waals surface area (Å²) in [6.07, 6.45) is 3.81. The summed E-state index contributed by atoms with van der Waals surface area (Å²) in [5.74, 6) is 0.544. The van der Waals surface area contributed by atoms with Crippen LogP contribution in [0.4, 0.5) is 11.4 Å². The predicted octanol–water partition coefficient (Wildman–Crippen LogP) is 5.91. The fourth-order valence-electron chi connectivity index (χ4n) is 4.18. The number of fused-ring (bicyclic) bond motifs is 1. The normalized spacial score (nSPS) is 15.6. The lowest BCUT2D eigenvalue weighted by atomic mass is 10.1. The lowest BCUT2D eigenvalue weighted by Crippen LogP contribution is -2.28. The number of anilines is 1. The number of hydrogen-bond donors (Lipinski definition) is 1. The molecule has 8 heteroatoms. The number of carbonyl (C=O) groups is 2. The summed E-state index contributed by atoms with van der Waals surface area (Å²) in [7, 11) is 1.62. The van der Waals surface area contributed by atoms with Crippen molar-refractivity contribution in [3.05, 3.63) is 95.5 Å². The number of methoxy groups -OCH3 is 1. The van der Waals surface area contributed by atoms with Crippen LogP contribution in [0.2, 0.25) is 0 Å². The lowest BCUT2D eigenvalue weighted by molar-refractivity contribution is -0.122. The number of amides is 2. The minimum absolute atomic E-state index is 0.0848. The smallest absolute Gasteiger partial charge is 0.266 e. The monoisotopic (exact) mass is 510 g/mol. The van der Waals surface area contributed by atoms with Crippen molar-refractivity contribution in [2.45, 2.75) is 13.5 Å². The summed E-state index contributed by atoms with van der Waals surface area (Å²) in [4.78, 5) is 32.9. The van der Waals surface area contributed by atoms with E-state index >= 15 is 0 Å². The average molecular weight is 511 g/mol. The van der Waals surface area contributed by atoms with E-state index in [1.807, 2.05) is 103 Å². The van der Waals surface area contributed by atoms with Crippen molar-refractivity contribution < 1.29 is 14.3 Å². The number of ether oxygens (including phenoxy) is 1. The van der Waals surface area contributed by atoms with Crippen molar-refractivity contribution in [2.75, 3.05) is 19.0 Å². The van der Waals surface area contributed by atoms with E-state index in [2.05, 4.69) is 5.32 Å². The van der Waals surface area contributed by atoms with Gasteiger partial charge in [0.1, 0.15) is 12.3 Å². The van der Waals surface area contributed by atoms with Gasteiger partial charge in [-0.25, -0.2) is 4.99 Å². The van der Waals surface area contributed by atoms with E-state index in [0.717, 1.165) is 33.6 Å². The molecule has 0 aliphatic carbocycles. The van der Waals surface area contributed by atoms with Gasteiger partial charge in [-0.05, 0) is 67.2 Å². The molecule has 0 saturated carbocycles. The van der Waals surface area contributed by atoms with Gasteiger partial charge >= 0.3 is 0 Å². The Morgan fingerprint density at radius 2 is 1.76 bits per heavy atom. The Bertz CT molecular complexity index is 1510. The van der Waals surface area contributed by atoms with Crippen LogP contribution >= 0.6 is 11.8 Å². The Labute approximate surface area is 219 Å². The third-order valence-electron chi connectivity index (χ3n) is 5.98. The molecule has 1 saturated heterocycles. The van der Waals surface area contributed by atoms with Gasteiger partial charge in [0, 0.05) is 34.9 Å². The molecule has 0 unspecified atom stereocenters. The van der Waals surface area contributed by atoms with Gasteiger partial charge in [0.05, 0.1) is 17.7 Å². The van der Waals surface area contributed by atoms with Crippen LogP contribution in [0.5, 0.6) is 5.75 Å². The zero-order valence-corrected chi connectivity index (χ0v) is 21.4. The van der Waals surface area contributed by atoms with Crippen molar-refractivity contribution in [3.8, 4) is 5.75 Å². The molecule has 2 heterocycles. The van der Waals surface area contributed by atoms with Crippen molar-refractivity contribution in [1.82, 2.24) is 9.47 Å². The number of amidine groups is 1. The standard InChI is InChI=1S/C29H26N4O3S/c1-3-33-28(35)26(37-29(33)31-22-13-15-23(36-2)16-14-22)17-20-18-32(25-12-8-7-11-24(20)25)19-27(34)30-21-9-5-4-6-10-21/h4-18H,3,19H2,1-2H3,(H,30,34)/b26-17+,31-29?. The summed E-state index contributed by atoms with van der Waals surface area (Å²) in [6.45, 7) is 2.60. The maximum Gasteiger partial charge on any atom is 0.266 e. The van der Waals surface area contributed by atoms with Crippen LogP contribution in [0.15, 0.2) is 95.0 Å². The van der Waals surface area contributed by atoms with Crippen LogP contribution in [0.1, 0.15) is 12.5 Å². The van der Waals surface area contributed by atoms with Crippen molar-refractivity contribution in [1.29, 1.82) is 0 Å². The largest absolute Gasteiger partial charge is 0.497 e. The van der Waals surface area contributed by atoms with Crippen LogP contribution in [0, 0.1) is 0 Å². The van der Waals surface area contributed by atoms with E-state index in [1.54, 1.807) is 12.0 Å². The summed E-state index contributed by atoms with van der Waals surface area (Å²) < 4.78 is 7.13. The second kappa shape index (κ2) is 10.8. The topological polar surface area (TPSA) is 75.9 Å². The van der Waals surface area contributed by atoms with E-state index in [1.165, 1.54) is 11.8 Å². The fourth-order valence-corrected chi connectivity index (χ4v) is 5.23. The Morgan fingerprint density at radius 3 is 2.49 bits per heavy atom. The number of aliphatic imine (C=N–C) groups is 1.